The van der Waals surface area contributed by atoms with E-state index in [0.717, 1.165) is 23.3 Å². The summed E-state index contributed by atoms with van der Waals surface area (Å²) in [4.78, 5) is 4.33. The lowest BCUT2D eigenvalue weighted by Crippen LogP contribution is -2.00. The van der Waals surface area contributed by atoms with Gasteiger partial charge < -0.3 is 14.8 Å². The second-order valence-corrected chi connectivity index (χ2v) is 4.46. The molecule has 0 atom stereocenters. The van der Waals surface area contributed by atoms with Gasteiger partial charge >= 0.3 is 0 Å². The minimum atomic E-state index is 0.544. The summed E-state index contributed by atoms with van der Waals surface area (Å²) in [5.41, 5.74) is 8.04. The predicted octanol–water partition coefficient (Wildman–Crippen LogP) is 2.09. The van der Waals surface area contributed by atoms with Gasteiger partial charge in [-0.1, -0.05) is 24.2 Å². The molecular weight excluding hydrogens is 240 g/mol. The Hall–Kier alpha value is -2.14. The largest absolute Gasteiger partial charge is 0.338 e. The third-order valence-electron chi connectivity index (χ3n) is 3.26. The fourth-order valence-electron chi connectivity index (χ4n) is 2.25. The van der Waals surface area contributed by atoms with E-state index in [9.17, 15) is 0 Å². The predicted molar refractivity (Wildman–Crippen MR) is 72.6 cm³/mol. The van der Waals surface area contributed by atoms with Gasteiger partial charge in [0.2, 0.25) is 5.89 Å². The van der Waals surface area contributed by atoms with Crippen molar-refractivity contribution in [2.75, 3.05) is 0 Å². The van der Waals surface area contributed by atoms with Crippen LogP contribution in [-0.2, 0) is 19.5 Å². The van der Waals surface area contributed by atoms with E-state index in [1.807, 2.05) is 19.2 Å². The standard InChI is InChI=1S/C14H16N4O/c1-2-13-16-14(19-17-13)9-18-7-6-11-10(8-15)4-3-5-12(11)18/h3-7H,2,8-9,15H2,1H3. The lowest BCUT2D eigenvalue weighted by molar-refractivity contribution is 0.368. The molecule has 0 fully saturated rings. The number of fused-ring (bicyclic) bond motifs is 1. The van der Waals surface area contributed by atoms with E-state index in [1.165, 1.54) is 5.39 Å². The number of hydrogen-bond donors (Lipinski definition) is 1. The van der Waals surface area contributed by atoms with E-state index in [4.69, 9.17) is 10.3 Å². The zero-order chi connectivity index (χ0) is 13.2. The van der Waals surface area contributed by atoms with Gasteiger partial charge in [0.15, 0.2) is 5.82 Å². The fourth-order valence-corrected chi connectivity index (χ4v) is 2.25. The monoisotopic (exact) mass is 256 g/mol. The van der Waals surface area contributed by atoms with Gasteiger partial charge in [0.05, 0.1) is 0 Å². The zero-order valence-electron chi connectivity index (χ0n) is 10.8. The molecule has 2 heterocycles. The number of benzene rings is 1. The Balaban J connectivity index is 1.97. The van der Waals surface area contributed by atoms with Crippen molar-refractivity contribution >= 4 is 10.9 Å². The lowest BCUT2D eigenvalue weighted by atomic mass is 10.1. The van der Waals surface area contributed by atoms with E-state index in [-0.39, 0.29) is 0 Å². The van der Waals surface area contributed by atoms with Gasteiger partial charge in [-0.05, 0) is 17.7 Å². The fraction of sp³-hybridized carbons (Fsp3) is 0.286. The summed E-state index contributed by atoms with van der Waals surface area (Å²) in [6.45, 7) is 3.14. The van der Waals surface area contributed by atoms with Gasteiger partial charge in [-0.2, -0.15) is 4.98 Å². The Bertz CT molecular complexity index is 698. The van der Waals surface area contributed by atoms with Crippen molar-refractivity contribution in [3.63, 3.8) is 0 Å². The van der Waals surface area contributed by atoms with Crippen molar-refractivity contribution in [2.24, 2.45) is 5.73 Å². The molecule has 98 valence electrons. The average molecular weight is 256 g/mol. The Morgan fingerprint density at radius 2 is 2.21 bits per heavy atom. The molecule has 19 heavy (non-hydrogen) atoms. The third kappa shape index (κ3) is 2.13. The SMILES string of the molecule is CCc1noc(Cn2ccc3c(CN)cccc32)n1. The number of aryl methyl sites for hydroxylation is 1. The summed E-state index contributed by atoms with van der Waals surface area (Å²) in [5, 5.41) is 5.09. The second kappa shape index (κ2) is 4.85. The van der Waals surface area contributed by atoms with E-state index in [2.05, 4.69) is 32.9 Å². The van der Waals surface area contributed by atoms with Crippen LogP contribution < -0.4 is 5.73 Å². The summed E-state index contributed by atoms with van der Waals surface area (Å²) in [6, 6.07) is 8.22. The van der Waals surface area contributed by atoms with Crippen LogP contribution in [0.5, 0.6) is 0 Å². The molecule has 0 saturated heterocycles. The van der Waals surface area contributed by atoms with Crippen LogP contribution in [0.3, 0.4) is 0 Å². The number of aromatic nitrogens is 3. The van der Waals surface area contributed by atoms with Crippen LogP contribution in [0.1, 0.15) is 24.2 Å². The van der Waals surface area contributed by atoms with Crippen molar-refractivity contribution in [3.8, 4) is 0 Å². The van der Waals surface area contributed by atoms with E-state index < -0.39 is 0 Å². The topological polar surface area (TPSA) is 69.9 Å². The van der Waals surface area contributed by atoms with Crippen molar-refractivity contribution in [1.29, 1.82) is 0 Å². The normalized spacial score (nSPS) is 11.3. The summed E-state index contributed by atoms with van der Waals surface area (Å²) in [7, 11) is 0. The summed E-state index contributed by atoms with van der Waals surface area (Å²) < 4.78 is 7.33. The maximum Gasteiger partial charge on any atom is 0.246 e. The molecule has 1 aromatic carbocycles. The Kier molecular flexibility index (Phi) is 3.05. The molecule has 2 aromatic heterocycles. The zero-order valence-corrected chi connectivity index (χ0v) is 10.8. The first-order valence-electron chi connectivity index (χ1n) is 6.40. The molecule has 3 aromatic rings. The molecule has 0 saturated carbocycles. The molecule has 2 N–H and O–H groups in total. The molecular formula is C14H16N4O. The lowest BCUT2D eigenvalue weighted by Gasteiger charge is -2.03. The van der Waals surface area contributed by atoms with Gasteiger partial charge in [0.1, 0.15) is 6.54 Å². The molecule has 0 aliphatic heterocycles. The quantitative estimate of drug-likeness (QED) is 0.776. The first kappa shape index (κ1) is 11.9. The molecule has 3 rings (SSSR count). The average Bonchev–Trinajstić information content (AvgIpc) is 3.06. The van der Waals surface area contributed by atoms with Crippen LogP contribution >= 0.6 is 0 Å². The molecule has 0 aliphatic rings. The highest BCUT2D eigenvalue weighted by Crippen LogP contribution is 2.20. The van der Waals surface area contributed by atoms with Crippen LogP contribution in [0.2, 0.25) is 0 Å². The second-order valence-electron chi connectivity index (χ2n) is 4.46. The first-order chi connectivity index (χ1) is 9.31. The Morgan fingerprint density at radius 3 is 2.95 bits per heavy atom. The number of nitrogens with zero attached hydrogens (tertiary/aromatic N) is 3. The molecule has 5 nitrogen and oxygen atoms in total. The molecule has 5 heteroatoms. The first-order valence-corrected chi connectivity index (χ1v) is 6.40. The number of rotatable bonds is 4. The summed E-state index contributed by atoms with van der Waals surface area (Å²) in [5.74, 6) is 1.38. The van der Waals surface area contributed by atoms with Crippen LogP contribution in [0.15, 0.2) is 35.0 Å². The van der Waals surface area contributed by atoms with Gasteiger partial charge in [0.25, 0.3) is 0 Å². The highest BCUT2D eigenvalue weighted by molar-refractivity contribution is 5.83. The molecule has 0 unspecified atom stereocenters. The smallest absolute Gasteiger partial charge is 0.246 e. The van der Waals surface area contributed by atoms with Crippen molar-refractivity contribution < 1.29 is 4.52 Å². The van der Waals surface area contributed by atoms with E-state index in [1.54, 1.807) is 0 Å². The van der Waals surface area contributed by atoms with Gasteiger partial charge in [-0.15, -0.1) is 0 Å². The number of nitrogens with two attached hydrogens (primary N) is 1. The van der Waals surface area contributed by atoms with Crippen LogP contribution in [-0.4, -0.2) is 14.7 Å². The minimum absolute atomic E-state index is 0.544. The van der Waals surface area contributed by atoms with Gasteiger partial charge in [-0.25, -0.2) is 0 Å². The van der Waals surface area contributed by atoms with Crippen molar-refractivity contribution in [2.45, 2.75) is 26.4 Å². The van der Waals surface area contributed by atoms with Gasteiger partial charge in [-0.3, -0.25) is 0 Å². The molecule has 0 spiro atoms. The van der Waals surface area contributed by atoms with Crippen molar-refractivity contribution in [3.05, 3.63) is 47.7 Å². The summed E-state index contributed by atoms with van der Waals surface area (Å²) in [6.07, 6.45) is 2.81. The van der Waals surface area contributed by atoms with Crippen LogP contribution in [0, 0.1) is 0 Å². The highest BCUT2D eigenvalue weighted by Gasteiger charge is 2.09. The maximum absolute atomic E-state index is 5.75. The summed E-state index contributed by atoms with van der Waals surface area (Å²) >= 11 is 0. The van der Waals surface area contributed by atoms with E-state index >= 15 is 0 Å². The van der Waals surface area contributed by atoms with E-state index in [0.29, 0.717) is 19.0 Å². The minimum Gasteiger partial charge on any atom is -0.338 e. The Morgan fingerprint density at radius 1 is 1.32 bits per heavy atom. The highest BCUT2D eigenvalue weighted by atomic mass is 16.5. The Labute approximate surface area is 111 Å². The molecule has 0 radical (unpaired) electrons. The molecule has 0 aliphatic carbocycles. The van der Waals surface area contributed by atoms with Crippen molar-refractivity contribution in [1.82, 2.24) is 14.7 Å². The molecule has 0 bridgehead atoms. The van der Waals surface area contributed by atoms with Crippen LogP contribution in [0.4, 0.5) is 0 Å². The molecule has 0 amide bonds. The van der Waals surface area contributed by atoms with Gasteiger partial charge in [0, 0.05) is 30.1 Å². The number of hydrogen-bond acceptors (Lipinski definition) is 4. The van der Waals surface area contributed by atoms with Crippen LogP contribution in [0.25, 0.3) is 10.9 Å². The third-order valence-corrected chi connectivity index (χ3v) is 3.26. The maximum atomic E-state index is 5.75.